The minimum Gasteiger partial charge on any atom is -0.381 e. The summed E-state index contributed by atoms with van der Waals surface area (Å²) in [6.45, 7) is 3.86. The van der Waals surface area contributed by atoms with Crippen molar-refractivity contribution in [2.24, 2.45) is 0 Å². The number of amides is 1. The Morgan fingerprint density at radius 2 is 1.95 bits per heavy atom. The Kier molecular flexibility index (Phi) is 5.18. The van der Waals surface area contributed by atoms with Crippen LogP contribution < -0.4 is 10.2 Å². The second-order valence-corrected chi connectivity index (χ2v) is 4.96. The quantitative estimate of drug-likeness (QED) is 0.858. The van der Waals surface area contributed by atoms with E-state index in [1.165, 1.54) is 11.8 Å². The second kappa shape index (κ2) is 7.10. The van der Waals surface area contributed by atoms with Gasteiger partial charge in [-0.1, -0.05) is 6.08 Å². The first-order valence-electron chi connectivity index (χ1n) is 7.04. The van der Waals surface area contributed by atoms with Gasteiger partial charge in [-0.05, 0) is 50.1 Å². The fourth-order valence-electron chi connectivity index (χ4n) is 2.44. The van der Waals surface area contributed by atoms with Crippen LogP contribution in [-0.2, 0) is 9.53 Å². The molecule has 1 heterocycles. The lowest BCUT2D eigenvalue weighted by Crippen LogP contribution is -2.36. The number of carbonyl (C=O) groups excluding carboxylic acids is 1. The number of nitrogens with zero attached hydrogens (tertiary/aromatic N) is 1. The van der Waals surface area contributed by atoms with Crippen molar-refractivity contribution in [2.75, 3.05) is 30.4 Å². The number of methoxy groups -OCH3 is 1. The third kappa shape index (κ3) is 3.84. The molecule has 108 valence electrons. The summed E-state index contributed by atoms with van der Waals surface area (Å²) in [5, 5.41) is 2.82. The number of benzene rings is 1. The highest BCUT2D eigenvalue weighted by Gasteiger charge is 2.18. The molecule has 0 unspecified atom stereocenters. The molecule has 0 radical (unpaired) electrons. The van der Waals surface area contributed by atoms with Crippen molar-refractivity contribution in [3.05, 3.63) is 36.4 Å². The van der Waals surface area contributed by atoms with Crippen molar-refractivity contribution >= 4 is 17.3 Å². The molecule has 0 bridgehead atoms. The van der Waals surface area contributed by atoms with Gasteiger partial charge >= 0.3 is 0 Å². The van der Waals surface area contributed by atoms with Crippen LogP contribution >= 0.6 is 0 Å². The van der Waals surface area contributed by atoms with Gasteiger partial charge in [0.15, 0.2) is 0 Å². The summed E-state index contributed by atoms with van der Waals surface area (Å²) in [5.74, 6) is -0.0961. The fourth-order valence-corrected chi connectivity index (χ4v) is 2.44. The molecule has 0 saturated carbocycles. The second-order valence-electron chi connectivity index (χ2n) is 4.96. The number of nitrogens with one attached hydrogen (secondary N) is 1. The molecule has 0 atom stereocenters. The van der Waals surface area contributed by atoms with Crippen molar-refractivity contribution in [3.63, 3.8) is 0 Å². The van der Waals surface area contributed by atoms with Crippen molar-refractivity contribution in [1.29, 1.82) is 0 Å². The summed E-state index contributed by atoms with van der Waals surface area (Å²) >= 11 is 0. The maximum absolute atomic E-state index is 11.4. The average Bonchev–Trinajstić information content (AvgIpc) is 2.48. The molecule has 1 aliphatic heterocycles. The molecule has 1 N–H and O–H groups in total. The van der Waals surface area contributed by atoms with Crippen molar-refractivity contribution < 1.29 is 9.53 Å². The van der Waals surface area contributed by atoms with Crippen LogP contribution in [0.3, 0.4) is 0 Å². The van der Waals surface area contributed by atoms with E-state index in [1.54, 1.807) is 13.2 Å². The Morgan fingerprint density at radius 1 is 1.30 bits per heavy atom. The molecule has 0 aliphatic carbocycles. The van der Waals surface area contributed by atoms with Crippen LogP contribution in [0.2, 0.25) is 0 Å². The van der Waals surface area contributed by atoms with Gasteiger partial charge in [-0.15, -0.1) is 0 Å². The van der Waals surface area contributed by atoms with Gasteiger partial charge in [0.25, 0.3) is 0 Å². The van der Waals surface area contributed by atoms with Crippen molar-refractivity contribution in [1.82, 2.24) is 0 Å². The molecular weight excluding hydrogens is 252 g/mol. The minimum atomic E-state index is -0.0961. The minimum absolute atomic E-state index is 0.0961. The predicted octanol–water partition coefficient (Wildman–Crippen LogP) is 2.82. The van der Waals surface area contributed by atoms with Gasteiger partial charge in [-0.3, -0.25) is 4.79 Å². The molecule has 4 heteroatoms. The maximum atomic E-state index is 11.4. The van der Waals surface area contributed by atoms with Crippen molar-refractivity contribution in [3.8, 4) is 0 Å². The number of hydrogen-bond donors (Lipinski definition) is 1. The van der Waals surface area contributed by atoms with Gasteiger partial charge in [-0.2, -0.15) is 0 Å². The van der Waals surface area contributed by atoms with Gasteiger partial charge < -0.3 is 15.0 Å². The summed E-state index contributed by atoms with van der Waals surface area (Å²) < 4.78 is 5.38. The zero-order valence-corrected chi connectivity index (χ0v) is 12.1. The van der Waals surface area contributed by atoms with Gasteiger partial charge in [-0.25, -0.2) is 0 Å². The largest absolute Gasteiger partial charge is 0.381 e. The highest BCUT2D eigenvalue weighted by Crippen LogP contribution is 2.22. The Morgan fingerprint density at radius 3 is 2.50 bits per heavy atom. The fraction of sp³-hybridized carbons (Fsp3) is 0.438. The summed E-state index contributed by atoms with van der Waals surface area (Å²) in [6.07, 6.45) is 5.77. The van der Waals surface area contributed by atoms with E-state index in [0.717, 1.165) is 31.6 Å². The van der Waals surface area contributed by atoms with E-state index in [1.807, 2.05) is 19.1 Å². The highest BCUT2D eigenvalue weighted by atomic mass is 16.5. The van der Waals surface area contributed by atoms with Crippen LogP contribution in [0.4, 0.5) is 11.4 Å². The Labute approximate surface area is 120 Å². The smallest absolute Gasteiger partial charge is 0.248 e. The highest BCUT2D eigenvalue weighted by molar-refractivity contribution is 5.99. The molecular formula is C16H22N2O2. The Hall–Kier alpha value is -1.81. The standard InChI is InChI=1S/C16H22N2O2/c1-3-4-16(19)17-13-5-7-14(8-6-13)18-11-9-15(20-2)10-12-18/h3-8,15H,9-12H2,1-2H3,(H,17,19)/b4-3+. The monoisotopic (exact) mass is 274 g/mol. The van der Waals surface area contributed by atoms with Crippen LogP contribution in [0.5, 0.6) is 0 Å². The predicted molar refractivity (Wildman–Crippen MR) is 82.1 cm³/mol. The van der Waals surface area contributed by atoms with Crippen molar-refractivity contribution in [2.45, 2.75) is 25.9 Å². The van der Waals surface area contributed by atoms with E-state index in [2.05, 4.69) is 22.3 Å². The molecule has 20 heavy (non-hydrogen) atoms. The lowest BCUT2D eigenvalue weighted by atomic mass is 10.1. The topological polar surface area (TPSA) is 41.6 Å². The van der Waals surface area contributed by atoms with E-state index in [0.29, 0.717) is 6.10 Å². The van der Waals surface area contributed by atoms with Gasteiger partial charge in [0.1, 0.15) is 0 Å². The zero-order valence-electron chi connectivity index (χ0n) is 12.1. The molecule has 1 aliphatic rings. The van der Waals surface area contributed by atoms with E-state index in [-0.39, 0.29) is 5.91 Å². The summed E-state index contributed by atoms with van der Waals surface area (Å²) in [4.78, 5) is 13.8. The molecule has 0 spiro atoms. The third-order valence-corrected chi connectivity index (χ3v) is 3.59. The number of hydrogen-bond acceptors (Lipinski definition) is 3. The molecule has 1 saturated heterocycles. The van der Waals surface area contributed by atoms with Crippen LogP contribution in [0, 0.1) is 0 Å². The Balaban J connectivity index is 1.93. The summed E-state index contributed by atoms with van der Waals surface area (Å²) in [5.41, 5.74) is 2.02. The molecule has 1 amide bonds. The first kappa shape index (κ1) is 14.6. The number of piperidine rings is 1. The maximum Gasteiger partial charge on any atom is 0.248 e. The van der Waals surface area contributed by atoms with Crippen LogP contribution in [0.15, 0.2) is 36.4 Å². The number of carbonyl (C=O) groups is 1. The number of rotatable bonds is 4. The van der Waals surface area contributed by atoms with Gasteiger partial charge in [0, 0.05) is 31.6 Å². The number of ether oxygens (including phenoxy) is 1. The number of allylic oxidation sites excluding steroid dienone is 1. The third-order valence-electron chi connectivity index (χ3n) is 3.59. The number of anilines is 2. The normalized spacial score (nSPS) is 16.6. The first-order valence-corrected chi connectivity index (χ1v) is 7.04. The lowest BCUT2D eigenvalue weighted by Gasteiger charge is -2.33. The molecule has 4 nitrogen and oxygen atoms in total. The summed E-state index contributed by atoms with van der Waals surface area (Å²) in [6, 6.07) is 8.00. The van der Waals surface area contributed by atoms with E-state index in [4.69, 9.17) is 4.74 Å². The SMILES string of the molecule is C/C=C/C(=O)Nc1ccc(N2CCC(OC)CC2)cc1. The van der Waals surface area contributed by atoms with Crippen LogP contribution in [0.25, 0.3) is 0 Å². The summed E-state index contributed by atoms with van der Waals surface area (Å²) in [7, 11) is 1.78. The zero-order chi connectivity index (χ0) is 14.4. The average molecular weight is 274 g/mol. The molecule has 0 aromatic heterocycles. The lowest BCUT2D eigenvalue weighted by molar-refractivity contribution is -0.111. The van der Waals surface area contributed by atoms with Gasteiger partial charge in [0.05, 0.1) is 6.10 Å². The molecule has 2 rings (SSSR count). The molecule has 1 fully saturated rings. The van der Waals surface area contributed by atoms with Crippen LogP contribution in [0.1, 0.15) is 19.8 Å². The first-order chi connectivity index (χ1) is 9.72. The van der Waals surface area contributed by atoms with E-state index >= 15 is 0 Å². The Bertz CT molecular complexity index is 460. The van der Waals surface area contributed by atoms with E-state index < -0.39 is 0 Å². The van der Waals surface area contributed by atoms with Gasteiger partial charge in [0.2, 0.25) is 5.91 Å². The molecule has 1 aromatic carbocycles. The van der Waals surface area contributed by atoms with E-state index in [9.17, 15) is 4.79 Å². The van der Waals surface area contributed by atoms with Crippen LogP contribution in [-0.4, -0.2) is 32.2 Å². The molecule has 1 aromatic rings.